The summed E-state index contributed by atoms with van der Waals surface area (Å²) in [7, 11) is 0. The molecular weight excluding hydrogens is 322 g/mol. The Hall–Kier alpha value is -2.02. The molecule has 0 unspecified atom stereocenters. The van der Waals surface area contributed by atoms with Gasteiger partial charge in [-0.2, -0.15) is 0 Å². The predicted octanol–water partition coefficient (Wildman–Crippen LogP) is 3.19. The first-order valence-electron chi connectivity index (χ1n) is 8.23. The number of carbonyl (C=O) groups is 1. The van der Waals surface area contributed by atoms with Crippen molar-refractivity contribution in [3.63, 3.8) is 0 Å². The van der Waals surface area contributed by atoms with Crippen LogP contribution >= 0.6 is 11.8 Å². The van der Waals surface area contributed by atoms with Crippen LogP contribution in [0.2, 0.25) is 0 Å². The number of hydrogen-bond donors (Lipinski definition) is 2. The number of aromatic nitrogens is 3. The number of unbranched alkanes of at least 4 members (excludes halogenated alkanes) is 1. The summed E-state index contributed by atoms with van der Waals surface area (Å²) in [6.45, 7) is 6.33. The van der Waals surface area contributed by atoms with Gasteiger partial charge in [0.1, 0.15) is 0 Å². The Balaban J connectivity index is 1.93. The van der Waals surface area contributed by atoms with Gasteiger partial charge >= 0.3 is 0 Å². The lowest BCUT2D eigenvalue weighted by Gasteiger charge is -2.13. The number of amides is 1. The molecule has 24 heavy (non-hydrogen) atoms. The molecule has 0 aliphatic heterocycles. The SMILES string of the molecule is CCCCc1nnc(SCC(=O)Nc2ccccc2C(C)C)n1N. The third kappa shape index (κ3) is 4.74. The van der Waals surface area contributed by atoms with E-state index in [9.17, 15) is 4.79 Å². The van der Waals surface area contributed by atoms with Gasteiger partial charge in [-0.15, -0.1) is 10.2 Å². The molecule has 3 N–H and O–H groups in total. The van der Waals surface area contributed by atoms with Crippen LogP contribution in [0.5, 0.6) is 0 Å². The summed E-state index contributed by atoms with van der Waals surface area (Å²) < 4.78 is 1.48. The van der Waals surface area contributed by atoms with E-state index in [1.54, 1.807) is 0 Å². The lowest BCUT2D eigenvalue weighted by molar-refractivity contribution is -0.113. The van der Waals surface area contributed by atoms with Crippen molar-refractivity contribution in [3.05, 3.63) is 35.7 Å². The van der Waals surface area contributed by atoms with Crippen LogP contribution in [0.4, 0.5) is 5.69 Å². The third-order valence-electron chi connectivity index (χ3n) is 3.68. The molecule has 2 rings (SSSR count). The van der Waals surface area contributed by atoms with Gasteiger partial charge in [-0.1, -0.05) is 57.2 Å². The molecule has 0 saturated carbocycles. The first-order valence-corrected chi connectivity index (χ1v) is 9.22. The third-order valence-corrected chi connectivity index (χ3v) is 4.62. The molecule has 0 aliphatic rings. The summed E-state index contributed by atoms with van der Waals surface area (Å²) in [5.74, 6) is 7.26. The lowest BCUT2D eigenvalue weighted by Crippen LogP contribution is -2.18. The van der Waals surface area contributed by atoms with E-state index in [2.05, 4.69) is 36.3 Å². The fourth-order valence-corrected chi connectivity index (χ4v) is 3.02. The predicted molar refractivity (Wildman–Crippen MR) is 98.7 cm³/mol. The van der Waals surface area contributed by atoms with Crippen LogP contribution in [0.25, 0.3) is 0 Å². The number of nitrogens with two attached hydrogens (primary N) is 1. The molecule has 0 fully saturated rings. The van der Waals surface area contributed by atoms with E-state index < -0.39 is 0 Å². The van der Waals surface area contributed by atoms with Crippen molar-refractivity contribution in [1.29, 1.82) is 0 Å². The number of nitrogen functional groups attached to an aromatic ring is 1. The zero-order valence-corrected chi connectivity index (χ0v) is 15.3. The van der Waals surface area contributed by atoms with E-state index in [1.165, 1.54) is 16.4 Å². The van der Waals surface area contributed by atoms with E-state index in [4.69, 9.17) is 5.84 Å². The Kier molecular flexibility index (Phi) is 6.66. The number of hydrogen-bond acceptors (Lipinski definition) is 5. The summed E-state index contributed by atoms with van der Waals surface area (Å²) in [6, 6.07) is 7.86. The average Bonchev–Trinajstić information content (AvgIpc) is 2.91. The number of nitrogens with one attached hydrogen (secondary N) is 1. The highest BCUT2D eigenvalue weighted by atomic mass is 32.2. The molecule has 7 heteroatoms. The second kappa shape index (κ2) is 8.73. The van der Waals surface area contributed by atoms with Crippen molar-refractivity contribution in [2.45, 2.75) is 51.1 Å². The summed E-state index contributed by atoms with van der Waals surface area (Å²) >= 11 is 1.30. The van der Waals surface area contributed by atoms with Gasteiger partial charge in [0.2, 0.25) is 11.1 Å². The van der Waals surface area contributed by atoms with Gasteiger partial charge < -0.3 is 11.2 Å². The summed E-state index contributed by atoms with van der Waals surface area (Å²) in [5, 5.41) is 11.7. The molecule has 2 aromatic rings. The van der Waals surface area contributed by atoms with Crippen molar-refractivity contribution >= 4 is 23.4 Å². The van der Waals surface area contributed by atoms with Crippen LogP contribution in [0.3, 0.4) is 0 Å². The van der Waals surface area contributed by atoms with Crippen molar-refractivity contribution in [2.75, 3.05) is 16.9 Å². The van der Waals surface area contributed by atoms with Crippen LogP contribution in [0.15, 0.2) is 29.4 Å². The van der Waals surface area contributed by atoms with E-state index >= 15 is 0 Å². The van der Waals surface area contributed by atoms with Crippen molar-refractivity contribution in [1.82, 2.24) is 14.9 Å². The zero-order chi connectivity index (χ0) is 17.5. The summed E-state index contributed by atoms with van der Waals surface area (Å²) in [5.41, 5.74) is 1.98. The molecule has 130 valence electrons. The average molecular weight is 347 g/mol. The van der Waals surface area contributed by atoms with Crippen LogP contribution in [0.1, 0.15) is 50.9 Å². The van der Waals surface area contributed by atoms with Gasteiger partial charge in [-0.3, -0.25) is 4.79 Å². The maximum atomic E-state index is 12.2. The number of anilines is 1. The zero-order valence-electron chi connectivity index (χ0n) is 14.5. The number of carbonyl (C=O) groups excluding carboxylic acids is 1. The van der Waals surface area contributed by atoms with Crippen molar-refractivity contribution < 1.29 is 4.79 Å². The Labute approximate surface area is 147 Å². The van der Waals surface area contributed by atoms with E-state index in [0.717, 1.165) is 36.3 Å². The minimum Gasteiger partial charge on any atom is -0.336 e. The Morgan fingerprint density at radius 1 is 1.33 bits per heavy atom. The lowest BCUT2D eigenvalue weighted by atomic mass is 10.0. The number of benzene rings is 1. The number of nitrogens with zero attached hydrogens (tertiary/aromatic N) is 3. The Bertz CT molecular complexity index is 683. The summed E-state index contributed by atoms with van der Waals surface area (Å²) in [4.78, 5) is 12.2. The van der Waals surface area contributed by atoms with Crippen LogP contribution in [-0.2, 0) is 11.2 Å². The fourth-order valence-electron chi connectivity index (χ4n) is 2.34. The Morgan fingerprint density at radius 3 is 2.79 bits per heavy atom. The largest absolute Gasteiger partial charge is 0.336 e. The van der Waals surface area contributed by atoms with Gasteiger partial charge in [0.15, 0.2) is 5.82 Å². The number of aryl methyl sites for hydroxylation is 1. The summed E-state index contributed by atoms with van der Waals surface area (Å²) in [6.07, 6.45) is 2.90. The number of thioether (sulfide) groups is 1. The van der Waals surface area contributed by atoms with Gasteiger partial charge in [-0.05, 0) is 24.0 Å². The highest BCUT2D eigenvalue weighted by Crippen LogP contribution is 2.24. The Morgan fingerprint density at radius 2 is 2.08 bits per heavy atom. The smallest absolute Gasteiger partial charge is 0.234 e. The molecule has 1 amide bonds. The molecule has 6 nitrogen and oxygen atoms in total. The van der Waals surface area contributed by atoms with E-state index in [1.807, 2.05) is 24.3 Å². The topological polar surface area (TPSA) is 85.8 Å². The molecule has 0 aliphatic carbocycles. The number of para-hydroxylation sites is 1. The van der Waals surface area contributed by atoms with Crippen LogP contribution in [-0.4, -0.2) is 26.5 Å². The maximum absolute atomic E-state index is 12.2. The van der Waals surface area contributed by atoms with Crippen molar-refractivity contribution in [3.8, 4) is 0 Å². The molecule has 1 heterocycles. The molecule has 1 aromatic carbocycles. The molecule has 0 saturated heterocycles. The first-order chi connectivity index (χ1) is 11.5. The normalized spacial score (nSPS) is 11.0. The molecule has 0 spiro atoms. The molecule has 0 radical (unpaired) electrons. The second-order valence-electron chi connectivity index (χ2n) is 5.95. The van der Waals surface area contributed by atoms with E-state index in [-0.39, 0.29) is 11.7 Å². The molecule has 0 atom stereocenters. The minimum atomic E-state index is -0.0776. The van der Waals surface area contributed by atoms with Gasteiger partial charge in [0.25, 0.3) is 0 Å². The van der Waals surface area contributed by atoms with Crippen LogP contribution < -0.4 is 11.2 Å². The minimum absolute atomic E-state index is 0.0776. The highest BCUT2D eigenvalue weighted by molar-refractivity contribution is 7.99. The maximum Gasteiger partial charge on any atom is 0.234 e. The molecule has 0 bridgehead atoms. The van der Waals surface area contributed by atoms with Gasteiger partial charge in [-0.25, -0.2) is 4.68 Å². The van der Waals surface area contributed by atoms with Crippen molar-refractivity contribution in [2.24, 2.45) is 0 Å². The fraction of sp³-hybridized carbons (Fsp3) is 0.471. The second-order valence-corrected chi connectivity index (χ2v) is 6.89. The van der Waals surface area contributed by atoms with Gasteiger partial charge in [0.05, 0.1) is 5.75 Å². The quantitative estimate of drug-likeness (QED) is 0.566. The monoisotopic (exact) mass is 347 g/mol. The number of rotatable bonds is 8. The van der Waals surface area contributed by atoms with Gasteiger partial charge in [0, 0.05) is 12.1 Å². The first kappa shape index (κ1) is 18.3. The van der Waals surface area contributed by atoms with E-state index in [0.29, 0.717) is 11.1 Å². The molecule has 1 aromatic heterocycles. The highest BCUT2D eigenvalue weighted by Gasteiger charge is 2.13. The van der Waals surface area contributed by atoms with Crippen LogP contribution in [0, 0.1) is 0 Å². The molecular formula is C17H25N5OS. The standard InChI is InChI=1S/C17H25N5OS/c1-4-5-10-15-20-21-17(22(15)18)24-11-16(23)19-14-9-7-6-8-13(14)12(2)3/h6-9,12H,4-5,10-11,18H2,1-3H3,(H,19,23).